The molecule has 0 spiro atoms. The number of nitrogens with one attached hydrogen (secondary N) is 2. The number of aromatic nitrogens is 2. The first kappa shape index (κ1) is 18.1. The van der Waals surface area contributed by atoms with Crippen LogP contribution < -0.4 is 15.6 Å². The molecule has 2 N–H and O–H groups in total. The highest BCUT2D eigenvalue weighted by molar-refractivity contribution is 8.00. The molecule has 1 unspecified atom stereocenters. The summed E-state index contributed by atoms with van der Waals surface area (Å²) in [5.74, 6) is 0.709. The molecule has 0 saturated heterocycles. The Kier molecular flexibility index (Phi) is 6.03. The molecule has 1 aromatic heterocycles. The van der Waals surface area contributed by atoms with Crippen LogP contribution in [0.25, 0.3) is 0 Å². The van der Waals surface area contributed by atoms with Gasteiger partial charge in [0.2, 0.25) is 5.91 Å². The second-order valence-electron chi connectivity index (χ2n) is 5.61. The van der Waals surface area contributed by atoms with Crippen molar-refractivity contribution in [2.75, 3.05) is 12.4 Å². The fourth-order valence-corrected chi connectivity index (χ4v) is 2.76. The van der Waals surface area contributed by atoms with Crippen molar-refractivity contribution in [1.29, 1.82) is 0 Å². The molecule has 2 aromatic rings. The van der Waals surface area contributed by atoms with Crippen molar-refractivity contribution in [3.05, 3.63) is 46.4 Å². The molecule has 1 amide bonds. The summed E-state index contributed by atoms with van der Waals surface area (Å²) in [4.78, 5) is 31.1. The minimum atomic E-state index is -0.405. The van der Waals surface area contributed by atoms with Gasteiger partial charge in [0.05, 0.1) is 18.1 Å². The van der Waals surface area contributed by atoms with Crippen LogP contribution in [0.4, 0.5) is 5.69 Å². The van der Waals surface area contributed by atoms with Gasteiger partial charge in [-0.25, -0.2) is 4.98 Å². The van der Waals surface area contributed by atoms with Crippen molar-refractivity contribution in [1.82, 2.24) is 9.97 Å². The van der Waals surface area contributed by atoms with Crippen molar-refractivity contribution in [2.45, 2.75) is 37.1 Å². The Morgan fingerprint density at radius 3 is 2.50 bits per heavy atom. The van der Waals surface area contributed by atoms with Crippen molar-refractivity contribution < 1.29 is 9.53 Å². The molecule has 1 heterocycles. The quantitative estimate of drug-likeness (QED) is 0.620. The van der Waals surface area contributed by atoms with E-state index in [2.05, 4.69) is 15.3 Å². The Hall–Kier alpha value is -2.28. The van der Waals surface area contributed by atoms with E-state index in [-0.39, 0.29) is 17.4 Å². The van der Waals surface area contributed by atoms with Crippen LogP contribution in [0.5, 0.6) is 5.75 Å². The zero-order valence-electron chi connectivity index (χ0n) is 14.1. The summed E-state index contributed by atoms with van der Waals surface area (Å²) in [5, 5.41) is 2.87. The van der Waals surface area contributed by atoms with Crippen LogP contribution in [0, 0.1) is 0 Å². The van der Waals surface area contributed by atoms with Crippen molar-refractivity contribution >= 4 is 23.4 Å². The maximum Gasteiger partial charge on any atom is 0.251 e. The maximum absolute atomic E-state index is 12.3. The van der Waals surface area contributed by atoms with Gasteiger partial charge in [0.1, 0.15) is 5.75 Å². The fraction of sp³-hybridized carbons (Fsp3) is 0.353. The fourth-order valence-electron chi connectivity index (χ4n) is 1.94. The largest absolute Gasteiger partial charge is 0.497 e. The number of anilines is 1. The first-order valence-corrected chi connectivity index (χ1v) is 8.50. The van der Waals surface area contributed by atoms with Crippen molar-refractivity contribution in [3.8, 4) is 5.75 Å². The van der Waals surface area contributed by atoms with E-state index in [4.69, 9.17) is 4.74 Å². The van der Waals surface area contributed by atoms with Crippen molar-refractivity contribution in [3.63, 3.8) is 0 Å². The summed E-state index contributed by atoms with van der Waals surface area (Å²) in [6, 6.07) is 8.58. The number of hydrogen-bond donors (Lipinski definition) is 2. The van der Waals surface area contributed by atoms with Gasteiger partial charge in [0.25, 0.3) is 5.56 Å². The molecule has 0 aliphatic rings. The molecule has 7 heteroatoms. The van der Waals surface area contributed by atoms with E-state index in [1.807, 2.05) is 13.8 Å². The van der Waals surface area contributed by atoms with Gasteiger partial charge in [-0.05, 0) is 37.1 Å². The highest BCUT2D eigenvalue weighted by atomic mass is 32.2. The average molecular weight is 347 g/mol. The zero-order chi connectivity index (χ0) is 17.7. The number of carbonyl (C=O) groups is 1. The lowest BCUT2D eigenvalue weighted by Crippen LogP contribution is -2.23. The summed E-state index contributed by atoms with van der Waals surface area (Å²) >= 11 is 1.22. The molecule has 1 atom stereocenters. The van der Waals surface area contributed by atoms with E-state index in [9.17, 15) is 9.59 Å². The van der Waals surface area contributed by atoms with E-state index >= 15 is 0 Å². The molecular weight excluding hydrogens is 326 g/mol. The SMILES string of the molecule is COc1ccc(NC(=O)C(C)Sc2nc(C(C)C)cc(=O)[nH]2)cc1. The number of methoxy groups -OCH3 is 1. The number of thioether (sulfide) groups is 1. The number of amides is 1. The monoisotopic (exact) mass is 347 g/mol. The van der Waals surface area contributed by atoms with Gasteiger partial charge in [0.15, 0.2) is 5.16 Å². The number of rotatable bonds is 6. The molecule has 128 valence electrons. The Morgan fingerprint density at radius 2 is 1.92 bits per heavy atom. The minimum absolute atomic E-state index is 0.148. The van der Waals surface area contributed by atoms with Crippen LogP contribution in [0.15, 0.2) is 40.3 Å². The molecule has 0 bridgehead atoms. The summed E-state index contributed by atoms with van der Waals surface area (Å²) in [6.45, 7) is 5.71. The van der Waals surface area contributed by atoms with Crippen LogP contribution in [-0.2, 0) is 4.79 Å². The number of nitrogens with zero attached hydrogens (tertiary/aromatic N) is 1. The first-order valence-electron chi connectivity index (χ1n) is 7.62. The van der Waals surface area contributed by atoms with Gasteiger partial charge in [0, 0.05) is 11.8 Å². The third-order valence-electron chi connectivity index (χ3n) is 3.35. The summed E-state index contributed by atoms with van der Waals surface area (Å²) in [5.41, 5.74) is 1.19. The lowest BCUT2D eigenvalue weighted by Gasteiger charge is -2.12. The maximum atomic E-state index is 12.3. The van der Waals surface area contributed by atoms with Crippen LogP contribution >= 0.6 is 11.8 Å². The number of hydrogen-bond acceptors (Lipinski definition) is 5. The molecule has 6 nitrogen and oxygen atoms in total. The Bertz CT molecular complexity index is 756. The molecule has 0 saturated carbocycles. The topological polar surface area (TPSA) is 84.1 Å². The smallest absolute Gasteiger partial charge is 0.251 e. The molecule has 1 aromatic carbocycles. The molecule has 0 aliphatic heterocycles. The van der Waals surface area contributed by atoms with Crippen LogP contribution in [0.2, 0.25) is 0 Å². The first-order chi connectivity index (χ1) is 11.4. The Morgan fingerprint density at radius 1 is 1.25 bits per heavy atom. The lowest BCUT2D eigenvalue weighted by molar-refractivity contribution is -0.115. The summed E-state index contributed by atoms with van der Waals surface area (Å²) < 4.78 is 5.08. The lowest BCUT2D eigenvalue weighted by atomic mass is 10.1. The van der Waals surface area contributed by atoms with Gasteiger partial charge in [-0.2, -0.15) is 0 Å². The van der Waals surface area contributed by atoms with E-state index in [0.717, 1.165) is 5.75 Å². The number of ether oxygens (including phenoxy) is 1. The summed E-state index contributed by atoms with van der Waals surface area (Å²) in [7, 11) is 1.59. The van der Waals surface area contributed by atoms with Crippen molar-refractivity contribution in [2.24, 2.45) is 0 Å². The molecule has 0 radical (unpaired) electrons. The number of aromatic amines is 1. The molecular formula is C17H21N3O3S. The Balaban J connectivity index is 2.04. The second-order valence-corrected chi connectivity index (χ2v) is 6.94. The molecule has 0 aliphatic carbocycles. The van der Waals surface area contributed by atoms with Gasteiger partial charge in [-0.1, -0.05) is 25.6 Å². The summed E-state index contributed by atoms with van der Waals surface area (Å²) in [6.07, 6.45) is 0. The van der Waals surface area contributed by atoms with Crippen LogP contribution in [0.3, 0.4) is 0 Å². The third kappa shape index (κ3) is 4.86. The van der Waals surface area contributed by atoms with Crippen LogP contribution in [-0.4, -0.2) is 28.2 Å². The third-order valence-corrected chi connectivity index (χ3v) is 4.33. The van der Waals surface area contributed by atoms with E-state index in [0.29, 0.717) is 16.5 Å². The zero-order valence-corrected chi connectivity index (χ0v) is 14.9. The molecule has 0 fully saturated rings. The number of H-pyrrole nitrogens is 1. The van der Waals surface area contributed by atoms with E-state index in [1.54, 1.807) is 38.3 Å². The average Bonchev–Trinajstić information content (AvgIpc) is 2.54. The van der Waals surface area contributed by atoms with Gasteiger partial charge >= 0.3 is 0 Å². The highest BCUT2D eigenvalue weighted by Gasteiger charge is 2.17. The Labute approximate surface area is 145 Å². The van der Waals surface area contributed by atoms with Gasteiger partial charge in [-0.15, -0.1) is 0 Å². The number of carbonyl (C=O) groups excluding carboxylic acids is 1. The minimum Gasteiger partial charge on any atom is -0.497 e. The van der Waals surface area contributed by atoms with Crippen LogP contribution in [0.1, 0.15) is 32.4 Å². The normalized spacial score (nSPS) is 12.0. The van der Waals surface area contributed by atoms with Gasteiger partial charge in [-0.3, -0.25) is 9.59 Å². The second kappa shape index (κ2) is 8.01. The number of benzene rings is 1. The predicted octanol–water partition coefficient (Wildman–Crippen LogP) is 3.02. The van der Waals surface area contributed by atoms with Gasteiger partial charge < -0.3 is 15.0 Å². The highest BCUT2D eigenvalue weighted by Crippen LogP contribution is 2.22. The van der Waals surface area contributed by atoms with E-state index < -0.39 is 5.25 Å². The molecule has 24 heavy (non-hydrogen) atoms. The standard InChI is InChI=1S/C17H21N3O3S/c1-10(2)14-9-15(21)20-17(19-14)24-11(3)16(22)18-12-5-7-13(23-4)8-6-12/h5-11H,1-4H3,(H,18,22)(H,19,20,21). The van der Waals surface area contributed by atoms with E-state index in [1.165, 1.54) is 17.8 Å². The predicted molar refractivity (Wildman–Crippen MR) is 95.9 cm³/mol. The molecule has 2 rings (SSSR count).